The molecule has 3 rings (SSSR count). The molecule has 7 nitrogen and oxygen atoms in total. The number of hydrogen-bond acceptors (Lipinski definition) is 6. The van der Waals surface area contributed by atoms with E-state index in [1.807, 2.05) is 0 Å². The van der Waals surface area contributed by atoms with E-state index in [9.17, 15) is 22.0 Å². The van der Waals surface area contributed by atoms with Gasteiger partial charge in [0.1, 0.15) is 11.9 Å². The van der Waals surface area contributed by atoms with Crippen LogP contribution in [0.15, 0.2) is 17.3 Å². The lowest BCUT2D eigenvalue weighted by Crippen LogP contribution is -2.26. The Kier molecular flexibility index (Phi) is 3.74. The molecule has 1 aliphatic rings. The number of alkyl halides is 5. The Hall–Kier alpha value is -2.53. The fourth-order valence-corrected chi connectivity index (χ4v) is 1.96. The standard InChI is InChI=1S/C11H9F5N6O/c12-9(13)10-19-18-8-2-1-7(20-22(8)10)17-4-5-3-6(21-23-5)11(14,15)16/h1-2,5,9H,3-4H2,(H,17,20). The van der Waals surface area contributed by atoms with Gasteiger partial charge in [0.05, 0.1) is 6.54 Å². The zero-order chi connectivity index (χ0) is 16.6. The van der Waals surface area contributed by atoms with Crippen LogP contribution in [0.5, 0.6) is 0 Å². The number of oxime groups is 1. The average molecular weight is 336 g/mol. The summed E-state index contributed by atoms with van der Waals surface area (Å²) in [5.74, 6) is -0.452. The third kappa shape index (κ3) is 3.14. The number of hydrogen-bond donors (Lipinski definition) is 1. The van der Waals surface area contributed by atoms with Gasteiger partial charge in [0.25, 0.3) is 6.43 Å². The molecule has 0 radical (unpaired) electrons. The quantitative estimate of drug-likeness (QED) is 0.866. The number of rotatable bonds is 4. The Bertz CT molecular complexity index is 742. The number of fused-ring (bicyclic) bond motifs is 1. The molecular formula is C11H9F5N6O. The Morgan fingerprint density at radius 1 is 1.30 bits per heavy atom. The first-order valence-electron chi connectivity index (χ1n) is 6.39. The van der Waals surface area contributed by atoms with Crippen molar-refractivity contribution in [1.82, 2.24) is 19.8 Å². The van der Waals surface area contributed by atoms with E-state index in [-0.39, 0.29) is 18.0 Å². The monoisotopic (exact) mass is 336 g/mol. The Balaban J connectivity index is 1.65. The summed E-state index contributed by atoms with van der Waals surface area (Å²) >= 11 is 0. The summed E-state index contributed by atoms with van der Waals surface area (Å²) in [6.45, 7) is -0.0201. The number of nitrogens with zero attached hydrogens (tertiary/aromatic N) is 5. The highest BCUT2D eigenvalue weighted by molar-refractivity contribution is 5.90. The highest BCUT2D eigenvalue weighted by atomic mass is 19.4. The number of aromatic nitrogens is 4. The van der Waals surface area contributed by atoms with Gasteiger partial charge in [-0.3, -0.25) is 0 Å². The van der Waals surface area contributed by atoms with Crippen LogP contribution in [0, 0.1) is 0 Å². The van der Waals surface area contributed by atoms with Gasteiger partial charge in [-0.15, -0.1) is 15.3 Å². The molecule has 0 aromatic carbocycles. The molecule has 2 aromatic heterocycles. The molecule has 0 saturated heterocycles. The van der Waals surface area contributed by atoms with Crippen molar-refractivity contribution in [3.05, 3.63) is 18.0 Å². The second-order valence-corrected chi connectivity index (χ2v) is 4.70. The van der Waals surface area contributed by atoms with Gasteiger partial charge in [-0.2, -0.15) is 17.7 Å². The Morgan fingerprint density at radius 2 is 2.09 bits per heavy atom. The van der Waals surface area contributed by atoms with Crippen LogP contribution in [-0.2, 0) is 4.84 Å². The van der Waals surface area contributed by atoms with E-state index in [1.165, 1.54) is 12.1 Å². The molecule has 1 aliphatic heterocycles. The van der Waals surface area contributed by atoms with E-state index in [2.05, 4.69) is 30.6 Å². The van der Waals surface area contributed by atoms with Gasteiger partial charge in [-0.25, -0.2) is 8.78 Å². The van der Waals surface area contributed by atoms with E-state index >= 15 is 0 Å². The molecule has 0 amide bonds. The molecule has 1 atom stereocenters. The van der Waals surface area contributed by atoms with Crippen LogP contribution < -0.4 is 5.32 Å². The highest BCUT2D eigenvalue weighted by Gasteiger charge is 2.41. The topological polar surface area (TPSA) is 76.7 Å². The van der Waals surface area contributed by atoms with Crippen molar-refractivity contribution in [2.75, 3.05) is 11.9 Å². The molecule has 0 fully saturated rings. The molecule has 23 heavy (non-hydrogen) atoms. The first kappa shape index (κ1) is 15.4. The van der Waals surface area contributed by atoms with E-state index in [1.54, 1.807) is 0 Å². The van der Waals surface area contributed by atoms with Crippen molar-refractivity contribution in [1.29, 1.82) is 0 Å². The third-order valence-electron chi connectivity index (χ3n) is 3.05. The van der Waals surface area contributed by atoms with Crippen molar-refractivity contribution in [2.45, 2.75) is 25.1 Å². The molecule has 0 bridgehead atoms. The predicted molar refractivity (Wildman–Crippen MR) is 67.2 cm³/mol. The van der Waals surface area contributed by atoms with Crippen LogP contribution >= 0.6 is 0 Å². The lowest BCUT2D eigenvalue weighted by molar-refractivity contribution is -0.0604. The van der Waals surface area contributed by atoms with Crippen LogP contribution in [0.3, 0.4) is 0 Å². The van der Waals surface area contributed by atoms with Gasteiger partial charge in [-0.1, -0.05) is 5.16 Å². The molecule has 0 spiro atoms. The fraction of sp³-hybridized carbons (Fsp3) is 0.455. The maximum atomic E-state index is 12.7. The number of nitrogens with one attached hydrogen (secondary N) is 1. The maximum Gasteiger partial charge on any atom is 0.432 e. The van der Waals surface area contributed by atoms with Crippen molar-refractivity contribution in [3.8, 4) is 0 Å². The summed E-state index contributed by atoms with van der Waals surface area (Å²) in [6.07, 6.45) is -8.60. The second kappa shape index (κ2) is 5.59. The summed E-state index contributed by atoms with van der Waals surface area (Å²) in [5, 5.41) is 16.4. The van der Waals surface area contributed by atoms with Gasteiger partial charge in [0.2, 0.25) is 5.82 Å². The summed E-state index contributed by atoms with van der Waals surface area (Å²) in [4.78, 5) is 4.67. The van der Waals surface area contributed by atoms with Gasteiger partial charge < -0.3 is 10.2 Å². The minimum absolute atomic E-state index is 0.0201. The minimum Gasteiger partial charge on any atom is -0.390 e. The van der Waals surface area contributed by atoms with Crippen molar-refractivity contribution >= 4 is 17.2 Å². The Morgan fingerprint density at radius 3 is 2.74 bits per heavy atom. The van der Waals surface area contributed by atoms with Crippen LogP contribution in [0.25, 0.3) is 5.65 Å². The zero-order valence-electron chi connectivity index (χ0n) is 11.3. The second-order valence-electron chi connectivity index (χ2n) is 4.70. The number of halogens is 5. The summed E-state index contributed by atoms with van der Waals surface area (Å²) in [6, 6.07) is 2.85. The average Bonchev–Trinajstić information content (AvgIpc) is 3.11. The lowest BCUT2D eigenvalue weighted by atomic mass is 10.2. The molecule has 2 aromatic rings. The molecule has 124 valence electrons. The first-order chi connectivity index (χ1) is 10.8. The lowest BCUT2D eigenvalue weighted by Gasteiger charge is -2.10. The molecule has 12 heteroatoms. The fourth-order valence-electron chi connectivity index (χ4n) is 1.96. The minimum atomic E-state index is -4.53. The van der Waals surface area contributed by atoms with E-state index < -0.39 is 36.7 Å². The third-order valence-corrected chi connectivity index (χ3v) is 3.05. The van der Waals surface area contributed by atoms with Gasteiger partial charge in [0.15, 0.2) is 11.4 Å². The van der Waals surface area contributed by atoms with Crippen molar-refractivity contribution < 1.29 is 26.8 Å². The van der Waals surface area contributed by atoms with Crippen LogP contribution in [0.2, 0.25) is 0 Å². The first-order valence-corrected chi connectivity index (χ1v) is 6.39. The van der Waals surface area contributed by atoms with Gasteiger partial charge in [-0.05, 0) is 12.1 Å². The molecule has 3 heterocycles. The van der Waals surface area contributed by atoms with Gasteiger partial charge >= 0.3 is 6.18 Å². The largest absolute Gasteiger partial charge is 0.432 e. The molecule has 1 N–H and O–H groups in total. The van der Waals surface area contributed by atoms with Crippen molar-refractivity contribution in [3.63, 3.8) is 0 Å². The van der Waals surface area contributed by atoms with Crippen LogP contribution in [-0.4, -0.2) is 44.3 Å². The molecular weight excluding hydrogens is 327 g/mol. The normalized spacial score (nSPS) is 18.3. The van der Waals surface area contributed by atoms with Crippen LogP contribution in [0.4, 0.5) is 27.8 Å². The van der Waals surface area contributed by atoms with Crippen molar-refractivity contribution in [2.24, 2.45) is 5.16 Å². The maximum absolute atomic E-state index is 12.7. The molecule has 0 saturated carbocycles. The summed E-state index contributed by atoms with van der Waals surface area (Å²) in [5.41, 5.74) is -0.864. The molecule has 0 aliphatic carbocycles. The van der Waals surface area contributed by atoms with E-state index in [0.717, 1.165) is 4.52 Å². The SMILES string of the molecule is FC(F)c1nnc2ccc(NCC3CC(C(F)(F)F)=NO3)nn12. The zero-order valence-corrected chi connectivity index (χ0v) is 11.3. The van der Waals surface area contributed by atoms with Crippen LogP contribution in [0.1, 0.15) is 18.7 Å². The predicted octanol–water partition coefficient (Wildman–Crippen LogP) is 2.18. The van der Waals surface area contributed by atoms with E-state index in [4.69, 9.17) is 0 Å². The highest BCUT2D eigenvalue weighted by Crippen LogP contribution is 2.25. The Labute approximate surface area is 125 Å². The summed E-state index contributed by atoms with van der Waals surface area (Å²) < 4.78 is 63.6. The number of anilines is 1. The smallest absolute Gasteiger partial charge is 0.390 e. The van der Waals surface area contributed by atoms with Gasteiger partial charge in [0, 0.05) is 6.42 Å². The summed E-state index contributed by atoms with van der Waals surface area (Å²) in [7, 11) is 0. The van der Waals surface area contributed by atoms with E-state index in [0.29, 0.717) is 0 Å². The molecule has 1 unspecified atom stereocenters.